The summed E-state index contributed by atoms with van der Waals surface area (Å²) in [6, 6.07) is 13.8. The molecule has 2 aromatic carbocycles. The number of benzene rings is 2. The third kappa shape index (κ3) is 3.01. The summed E-state index contributed by atoms with van der Waals surface area (Å²) in [6.45, 7) is 2.55. The van der Waals surface area contributed by atoms with Crippen molar-refractivity contribution in [1.29, 1.82) is 0 Å². The summed E-state index contributed by atoms with van der Waals surface area (Å²) in [5.41, 5.74) is 3.99. The van der Waals surface area contributed by atoms with Gasteiger partial charge in [0, 0.05) is 10.2 Å². The van der Waals surface area contributed by atoms with Gasteiger partial charge in [0.05, 0.1) is 6.61 Å². The van der Waals surface area contributed by atoms with E-state index in [-0.39, 0.29) is 5.91 Å². The predicted molar refractivity (Wildman–Crippen MR) is 86.3 cm³/mol. The topological polar surface area (TPSA) is 38.3 Å². The van der Waals surface area contributed by atoms with Gasteiger partial charge in [0.25, 0.3) is 5.91 Å². The molecule has 3 rings (SSSR count). The molecule has 0 aromatic heterocycles. The van der Waals surface area contributed by atoms with Crippen molar-refractivity contribution < 1.29 is 9.53 Å². The maximum Gasteiger partial charge on any atom is 0.258 e. The average molecular weight is 346 g/mol. The van der Waals surface area contributed by atoms with Crippen molar-refractivity contribution >= 4 is 27.5 Å². The number of halogens is 1. The molecule has 1 aliphatic heterocycles. The highest BCUT2D eigenvalue weighted by molar-refractivity contribution is 9.10. The van der Waals surface area contributed by atoms with Crippen molar-refractivity contribution in [3.8, 4) is 0 Å². The van der Waals surface area contributed by atoms with Crippen molar-refractivity contribution in [3.63, 3.8) is 0 Å². The normalized spacial score (nSPS) is 17.1. The lowest BCUT2D eigenvalue weighted by atomic mass is 9.97. The molecule has 0 spiro atoms. The molecule has 1 N–H and O–H groups in total. The summed E-state index contributed by atoms with van der Waals surface area (Å²) in [5.74, 6) is -0.118. The van der Waals surface area contributed by atoms with Gasteiger partial charge in [0.15, 0.2) is 6.10 Å². The smallest absolute Gasteiger partial charge is 0.258 e. The van der Waals surface area contributed by atoms with Gasteiger partial charge in [-0.05, 0) is 48.2 Å². The second kappa shape index (κ2) is 6.00. The Morgan fingerprint density at radius 3 is 2.90 bits per heavy atom. The zero-order chi connectivity index (χ0) is 14.8. The fourth-order valence-corrected chi connectivity index (χ4v) is 3.05. The van der Waals surface area contributed by atoms with E-state index >= 15 is 0 Å². The molecule has 0 bridgehead atoms. The minimum atomic E-state index is -0.530. The van der Waals surface area contributed by atoms with Gasteiger partial charge in [-0.1, -0.05) is 40.2 Å². The zero-order valence-corrected chi connectivity index (χ0v) is 13.3. The lowest BCUT2D eigenvalue weighted by Gasteiger charge is -2.25. The standard InChI is InChI=1S/C17H16BrNO2/c1-11-10-13(18)6-7-15(11)19-17(20)16-14-5-3-2-4-12(14)8-9-21-16/h2-7,10,16H,8-9H2,1H3,(H,19,20). The maximum absolute atomic E-state index is 12.5. The minimum absolute atomic E-state index is 0.118. The first-order valence-electron chi connectivity index (χ1n) is 6.91. The van der Waals surface area contributed by atoms with Gasteiger partial charge >= 0.3 is 0 Å². The molecular weight excluding hydrogens is 330 g/mol. The number of carbonyl (C=O) groups excluding carboxylic acids is 1. The third-order valence-corrected chi connectivity index (χ3v) is 4.17. The van der Waals surface area contributed by atoms with Gasteiger partial charge in [-0.2, -0.15) is 0 Å². The minimum Gasteiger partial charge on any atom is -0.363 e. The molecule has 3 nitrogen and oxygen atoms in total. The van der Waals surface area contributed by atoms with Gasteiger partial charge in [-0.3, -0.25) is 4.79 Å². The van der Waals surface area contributed by atoms with E-state index in [1.54, 1.807) is 0 Å². The van der Waals surface area contributed by atoms with Crippen LogP contribution < -0.4 is 5.32 Å². The molecule has 1 unspecified atom stereocenters. The Morgan fingerprint density at radius 2 is 2.10 bits per heavy atom. The van der Waals surface area contributed by atoms with Gasteiger partial charge in [-0.15, -0.1) is 0 Å². The molecule has 0 aliphatic carbocycles. The first-order chi connectivity index (χ1) is 10.1. The van der Waals surface area contributed by atoms with Crippen LogP contribution in [-0.4, -0.2) is 12.5 Å². The van der Waals surface area contributed by atoms with E-state index in [1.165, 1.54) is 5.56 Å². The molecule has 0 saturated carbocycles. The number of nitrogens with one attached hydrogen (secondary N) is 1. The molecule has 1 atom stereocenters. The van der Waals surface area contributed by atoms with E-state index in [1.807, 2.05) is 43.3 Å². The van der Waals surface area contributed by atoms with Crippen LogP contribution in [0.4, 0.5) is 5.69 Å². The monoisotopic (exact) mass is 345 g/mol. The number of aryl methyl sites for hydroxylation is 1. The zero-order valence-electron chi connectivity index (χ0n) is 11.7. The fraction of sp³-hybridized carbons (Fsp3) is 0.235. The van der Waals surface area contributed by atoms with Crippen LogP contribution in [-0.2, 0) is 16.0 Å². The van der Waals surface area contributed by atoms with Crippen LogP contribution in [0.3, 0.4) is 0 Å². The quantitative estimate of drug-likeness (QED) is 0.892. The van der Waals surface area contributed by atoms with Gasteiger partial charge in [0.2, 0.25) is 0 Å². The number of ether oxygens (including phenoxy) is 1. The second-order valence-corrected chi connectivity index (χ2v) is 6.06. The van der Waals surface area contributed by atoms with Crippen LogP contribution in [0.1, 0.15) is 22.8 Å². The van der Waals surface area contributed by atoms with Gasteiger partial charge < -0.3 is 10.1 Å². The lowest BCUT2D eigenvalue weighted by Crippen LogP contribution is -2.28. The molecule has 0 fully saturated rings. The van der Waals surface area contributed by atoms with Crippen LogP contribution in [0.25, 0.3) is 0 Å². The largest absolute Gasteiger partial charge is 0.363 e. The Morgan fingerprint density at radius 1 is 1.29 bits per heavy atom. The highest BCUT2D eigenvalue weighted by Crippen LogP contribution is 2.29. The third-order valence-electron chi connectivity index (χ3n) is 3.68. The van der Waals surface area contributed by atoms with E-state index in [0.29, 0.717) is 6.61 Å². The Hall–Kier alpha value is -1.65. The van der Waals surface area contributed by atoms with Crippen LogP contribution in [0.15, 0.2) is 46.9 Å². The van der Waals surface area contributed by atoms with Crippen molar-refractivity contribution in [3.05, 3.63) is 63.6 Å². The summed E-state index contributed by atoms with van der Waals surface area (Å²) in [5, 5.41) is 2.96. The van der Waals surface area contributed by atoms with Gasteiger partial charge in [0.1, 0.15) is 0 Å². The number of fused-ring (bicyclic) bond motifs is 1. The van der Waals surface area contributed by atoms with Gasteiger partial charge in [-0.25, -0.2) is 0 Å². The Bertz CT molecular complexity index is 684. The van der Waals surface area contributed by atoms with E-state index in [9.17, 15) is 4.79 Å². The number of rotatable bonds is 2. The summed E-state index contributed by atoms with van der Waals surface area (Å²) in [6.07, 6.45) is 0.329. The van der Waals surface area contributed by atoms with Crippen molar-refractivity contribution in [2.45, 2.75) is 19.4 Å². The fourth-order valence-electron chi connectivity index (χ4n) is 2.58. The van der Waals surface area contributed by atoms with Crippen molar-refractivity contribution in [2.75, 3.05) is 11.9 Å². The summed E-state index contributed by atoms with van der Waals surface area (Å²) in [4.78, 5) is 12.5. The van der Waals surface area contributed by atoms with E-state index < -0.39 is 6.10 Å². The summed E-state index contributed by atoms with van der Waals surface area (Å²) < 4.78 is 6.68. The molecule has 0 radical (unpaired) electrons. The summed E-state index contributed by atoms with van der Waals surface area (Å²) in [7, 11) is 0. The number of carbonyl (C=O) groups is 1. The molecule has 2 aromatic rings. The molecule has 108 valence electrons. The molecule has 0 saturated heterocycles. The molecule has 1 amide bonds. The highest BCUT2D eigenvalue weighted by Gasteiger charge is 2.27. The van der Waals surface area contributed by atoms with Crippen LogP contribution in [0.2, 0.25) is 0 Å². The molecule has 1 aliphatic rings. The lowest BCUT2D eigenvalue weighted by molar-refractivity contribution is -0.128. The first kappa shape index (κ1) is 14.3. The second-order valence-electron chi connectivity index (χ2n) is 5.15. The van der Waals surface area contributed by atoms with Crippen molar-refractivity contribution in [2.24, 2.45) is 0 Å². The Balaban J connectivity index is 1.83. The highest BCUT2D eigenvalue weighted by atomic mass is 79.9. The Labute approximate surface area is 132 Å². The predicted octanol–water partition coefficient (Wildman–Crippen LogP) is 4.01. The number of hydrogen-bond acceptors (Lipinski definition) is 2. The SMILES string of the molecule is Cc1cc(Br)ccc1NC(=O)C1OCCc2ccccc21. The molecule has 1 heterocycles. The van der Waals surface area contributed by atoms with E-state index in [2.05, 4.69) is 27.3 Å². The number of hydrogen-bond donors (Lipinski definition) is 1. The van der Waals surface area contributed by atoms with E-state index in [4.69, 9.17) is 4.74 Å². The number of amides is 1. The molecular formula is C17H16BrNO2. The molecule has 4 heteroatoms. The first-order valence-corrected chi connectivity index (χ1v) is 7.71. The average Bonchev–Trinajstić information content (AvgIpc) is 2.49. The Kier molecular flexibility index (Phi) is 4.08. The van der Waals surface area contributed by atoms with Crippen LogP contribution in [0, 0.1) is 6.92 Å². The maximum atomic E-state index is 12.5. The van der Waals surface area contributed by atoms with E-state index in [0.717, 1.165) is 27.7 Å². The van der Waals surface area contributed by atoms with Crippen molar-refractivity contribution in [1.82, 2.24) is 0 Å². The van der Waals surface area contributed by atoms with Crippen LogP contribution in [0.5, 0.6) is 0 Å². The number of anilines is 1. The van der Waals surface area contributed by atoms with Crippen LogP contribution >= 0.6 is 15.9 Å². The molecule has 21 heavy (non-hydrogen) atoms. The summed E-state index contributed by atoms with van der Waals surface area (Å²) >= 11 is 3.42.